The maximum atomic E-state index is 14.3. The summed E-state index contributed by atoms with van der Waals surface area (Å²) in [6.07, 6.45) is 4.86. The summed E-state index contributed by atoms with van der Waals surface area (Å²) in [7, 11) is 0. The first-order chi connectivity index (χ1) is 36.3. The van der Waals surface area contributed by atoms with Crippen LogP contribution in [-0.2, 0) is 9.59 Å². The number of ether oxygens (including phenoxy) is 2. The first kappa shape index (κ1) is 51.5. The highest BCUT2D eigenvalue weighted by Gasteiger charge is 2.44. The highest BCUT2D eigenvalue weighted by Crippen LogP contribution is 2.40. The number of β-amino-alcohol motifs (C(OH)–C–C–N with tert-alkyl or cyclic N) is 1. The van der Waals surface area contributed by atoms with Crippen molar-refractivity contribution in [3.63, 3.8) is 0 Å². The van der Waals surface area contributed by atoms with Crippen LogP contribution in [0.25, 0.3) is 21.8 Å². The number of likely N-dealkylation sites (tertiary alicyclic amines) is 1. The quantitative estimate of drug-likeness (QED) is 0.0827. The van der Waals surface area contributed by atoms with Crippen LogP contribution >= 0.6 is 11.3 Å². The average molecular weight is 1040 g/mol. The second-order valence-corrected chi connectivity index (χ2v) is 21.5. The number of nitrogens with one attached hydrogen (secondary N) is 1. The summed E-state index contributed by atoms with van der Waals surface area (Å²) in [5, 5.41) is 36.8. The molecule has 10 rings (SSSR count). The van der Waals surface area contributed by atoms with Gasteiger partial charge in [-0.15, -0.1) is 21.5 Å². The second-order valence-electron chi connectivity index (χ2n) is 20.6. The number of pyridine rings is 2. The summed E-state index contributed by atoms with van der Waals surface area (Å²) in [4.78, 5) is 53.4. The topological polar surface area (TPSA) is 238 Å². The molecule has 75 heavy (non-hydrogen) atoms. The third-order valence-corrected chi connectivity index (χ3v) is 16.2. The molecule has 20 nitrogen and oxygen atoms in total. The lowest BCUT2D eigenvalue weighted by Gasteiger charge is -2.43. The van der Waals surface area contributed by atoms with E-state index in [2.05, 4.69) is 74.3 Å². The number of rotatable bonds is 18. The third-order valence-electron chi connectivity index (χ3n) is 15.2. The van der Waals surface area contributed by atoms with Gasteiger partial charge < -0.3 is 50.0 Å². The van der Waals surface area contributed by atoms with Gasteiger partial charge >= 0.3 is 0 Å². The Morgan fingerprint density at radius 1 is 0.907 bits per heavy atom. The SMILES string of the molecule is Cc1ncsc1-c1ccc([C@H](C)NC(=O)[C@@H]2C[C@@H](O)CN2C(=O)[C@@H](c2cc(OCCN3CCN(CCOc4cc(N5C6CCC5CN(c5cc(-c7ncccc7O)nnc5N)C6)ccn4)[C@H](C)C3)no2)C(C)C)cc1. The highest BCUT2D eigenvalue weighted by atomic mass is 32.1. The van der Waals surface area contributed by atoms with Crippen molar-refractivity contribution in [2.75, 3.05) is 81.1 Å². The maximum absolute atomic E-state index is 14.3. The van der Waals surface area contributed by atoms with E-state index in [1.807, 2.05) is 69.7 Å². The van der Waals surface area contributed by atoms with Gasteiger partial charge in [-0.1, -0.05) is 38.1 Å². The van der Waals surface area contributed by atoms with E-state index >= 15 is 0 Å². The number of aliphatic hydroxyl groups excluding tert-OH is 1. The van der Waals surface area contributed by atoms with Crippen LogP contribution in [0.3, 0.4) is 0 Å². The molecule has 5 N–H and O–H groups in total. The molecule has 4 saturated heterocycles. The van der Waals surface area contributed by atoms with Crippen molar-refractivity contribution in [3.05, 3.63) is 95.6 Å². The number of aryl methyl sites for hydroxylation is 1. The summed E-state index contributed by atoms with van der Waals surface area (Å²) >= 11 is 1.59. The number of nitrogen functional groups attached to an aromatic ring is 1. The van der Waals surface area contributed by atoms with Gasteiger partial charge in [0.25, 0.3) is 5.88 Å². The fourth-order valence-corrected chi connectivity index (χ4v) is 12.1. The van der Waals surface area contributed by atoms with Crippen molar-refractivity contribution in [1.82, 2.24) is 50.3 Å². The summed E-state index contributed by atoms with van der Waals surface area (Å²) < 4.78 is 18.1. The zero-order valence-electron chi connectivity index (χ0n) is 43.2. The van der Waals surface area contributed by atoms with E-state index < -0.39 is 18.1 Å². The Balaban J connectivity index is 0.666. The summed E-state index contributed by atoms with van der Waals surface area (Å²) in [6, 6.07) is 18.6. The van der Waals surface area contributed by atoms with Gasteiger partial charge in [-0.2, -0.15) is 0 Å². The van der Waals surface area contributed by atoms with E-state index in [4.69, 9.17) is 19.7 Å². The number of anilines is 3. The number of carbonyl (C=O) groups is 2. The number of hydrogen-bond donors (Lipinski definition) is 4. The van der Waals surface area contributed by atoms with Gasteiger partial charge in [0.05, 0.1) is 33.9 Å². The van der Waals surface area contributed by atoms with Crippen molar-refractivity contribution in [2.45, 2.75) is 96.1 Å². The molecular formula is C54H67N13O7S. The van der Waals surface area contributed by atoms with Gasteiger partial charge in [-0.3, -0.25) is 24.4 Å². The largest absolute Gasteiger partial charge is 0.506 e. The standard InChI is InChI=1S/C54H67N13O7S/c1-32(2)49(54(71)66-30-41(68)24-44(66)53(70)59-34(4)36-8-10-37(11-9-36)51-35(5)58-31-75-51)46-26-48(62-74-46)73-21-19-63-17-18-64(33(3)27-63)20-22-72-47-23-38(14-16-56-47)67-39-12-13-40(67)29-65(28-39)43-25-42(60-61-52(43)55)50-45(69)7-6-15-57-50/h6-11,14-16,23,25-26,31-34,39-41,44,49,68-69H,12-13,17-22,24,27-30H2,1-5H3,(H2,55,61)(H,59,70)/t33-,34+,39?,40?,41-,44+,49-/m1/s1. The number of nitrogens with zero attached hydrogens (tertiary/aromatic N) is 11. The molecule has 396 valence electrons. The molecule has 1 aromatic carbocycles. The number of amides is 2. The Bertz CT molecular complexity index is 2920. The van der Waals surface area contributed by atoms with Gasteiger partial charge in [0.2, 0.25) is 17.7 Å². The van der Waals surface area contributed by atoms with Crippen LogP contribution in [0.5, 0.6) is 17.5 Å². The number of benzene rings is 1. The van der Waals surface area contributed by atoms with Gasteiger partial charge in [-0.25, -0.2) is 9.97 Å². The maximum Gasteiger partial charge on any atom is 0.254 e. The Kier molecular flexibility index (Phi) is 15.5. The van der Waals surface area contributed by atoms with Gasteiger partial charge in [0.1, 0.15) is 42.3 Å². The van der Waals surface area contributed by atoms with Crippen LogP contribution in [0, 0.1) is 12.8 Å². The molecule has 0 spiro atoms. The van der Waals surface area contributed by atoms with Gasteiger partial charge in [0, 0.05) is 107 Å². The monoisotopic (exact) mass is 1040 g/mol. The molecule has 2 bridgehead atoms. The fourth-order valence-electron chi connectivity index (χ4n) is 11.3. The molecule has 0 saturated carbocycles. The van der Waals surface area contributed by atoms with E-state index in [-0.39, 0.29) is 54.6 Å². The Morgan fingerprint density at radius 2 is 1.68 bits per heavy atom. The van der Waals surface area contributed by atoms with E-state index in [0.29, 0.717) is 60.5 Å². The molecule has 4 aliphatic rings. The first-order valence-corrected chi connectivity index (χ1v) is 26.9. The van der Waals surface area contributed by atoms with Crippen LogP contribution < -0.4 is 30.3 Å². The van der Waals surface area contributed by atoms with E-state index in [0.717, 1.165) is 85.2 Å². The third kappa shape index (κ3) is 11.4. The minimum atomic E-state index is -0.834. The molecule has 21 heteroatoms. The second kappa shape index (κ2) is 22.5. The first-order valence-electron chi connectivity index (χ1n) is 26.0. The van der Waals surface area contributed by atoms with Gasteiger partial charge in [-0.05, 0) is 80.1 Å². The van der Waals surface area contributed by atoms with Crippen molar-refractivity contribution >= 4 is 40.3 Å². The number of aromatic hydroxyl groups is 1. The molecule has 4 fully saturated rings. The number of aliphatic hydroxyl groups is 1. The Labute approximate surface area is 440 Å². The van der Waals surface area contributed by atoms with Crippen molar-refractivity contribution < 1.29 is 33.8 Å². The van der Waals surface area contributed by atoms with Crippen LogP contribution in [0.2, 0.25) is 0 Å². The average Bonchev–Trinajstić information content (AvgIpc) is 4.21. The molecule has 6 aromatic rings. The summed E-state index contributed by atoms with van der Waals surface area (Å²) in [5.74, 6) is 0.130. The number of carbonyl (C=O) groups excluding carboxylic acids is 2. The lowest BCUT2D eigenvalue weighted by atomic mass is 9.91. The normalized spacial score (nSPS) is 21.9. The fraction of sp³-hybridized carbons (Fsp3) is 0.481. The zero-order chi connectivity index (χ0) is 52.3. The number of piperazine rings is 2. The Hall–Kier alpha value is -6.94. The predicted octanol–water partition coefficient (Wildman–Crippen LogP) is 5.54. The molecule has 7 atom stereocenters. The lowest BCUT2D eigenvalue weighted by molar-refractivity contribution is -0.141. The highest BCUT2D eigenvalue weighted by molar-refractivity contribution is 7.13. The Morgan fingerprint density at radius 3 is 2.41 bits per heavy atom. The van der Waals surface area contributed by atoms with E-state index in [1.54, 1.807) is 35.7 Å². The number of aromatic nitrogens is 6. The number of hydrogen-bond acceptors (Lipinski definition) is 19. The number of nitrogens with two attached hydrogens (primary N) is 1. The van der Waals surface area contributed by atoms with Crippen molar-refractivity contribution in [1.29, 1.82) is 0 Å². The van der Waals surface area contributed by atoms with Gasteiger partial charge in [0.15, 0.2) is 11.6 Å². The zero-order valence-corrected chi connectivity index (χ0v) is 44.0. The smallest absolute Gasteiger partial charge is 0.254 e. The summed E-state index contributed by atoms with van der Waals surface area (Å²) in [6.45, 7) is 16.5. The molecule has 0 aliphatic carbocycles. The van der Waals surface area contributed by atoms with Crippen molar-refractivity contribution in [2.24, 2.45) is 5.92 Å². The minimum absolute atomic E-state index is 0.0431. The molecule has 0 radical (unpaired) electrons. The molecule has 4 aliphatic heterocycles. The van der Waals surface area contributed by atoms with E-state index in [9.17, 15) is 19.8 Å². The molecule has 5 aromatic heterocycles. The number of thiazole rings is 1. The van der Waals surface area contributed by atoms with Crippen LogP contribution in [0.4, 0.5) is 17.2 Å². The summed E-state index contributed by atoms with van der Waals surface area (Å²) in [5.41, 5.74) is 13.9. The molecular weight excluding hydrogens is 975 g/mol. The van der Waals surface area contributed by atoms with Crippen LogP contribution in [0.1, 0.15) is 75.9 Å². The molecule has 9 heterocycles. The predicted molar refractivity (Wildman–Crippen MR) is 285 cm³/mol. The van der Waals surface area contributed by atoms with Crippen LogP contribution in [0.15, 0.2) is 83.1 Å². The minimum Gasteiger partial charge on any atom is -0.506 e. The molecule has 2 unspecified atom stereocenters. The number of fused-ring (bicyclic) bond motifs is 2. The van der Waals surface area contributed by atoms with Crippen LogP contribution in [-0.4, -0.2) is 163 Å². The van der Waals surface area contributed by atoms with E-state index in [1.165, 1.54) is 4.90 Å². The lowest BCUT2D eigenvalue weighted by Crippen LogP contribution is -2.54. The molecule has 2 amide bonds. The van der Waals surface area contributed by atoms with Crippen molar-refractivity contribution in [3.8, 4) is 39.3 Å².